The maximum absolute atomic E-state index is 11.6. The molecule has 0 atom stereocenters. The van der Waals surface area contributed by atoms with Gasteiger partial charge in [-0.15, -0.1) is 0 Å². The van der Waals surface area contributed by atoms with Gasteiger partial charge in [-0.3, -0.25) is 0 Å². The molecule has 0 unspecified atom stereocenters. The van der Waals surface area contributed by atoms with E-state index in [0.717, 1.165) is 40.6 Å². The molecule has 4 heteroatoms. The van der Waals surface area contributed by atoms with Gasteiger partial charge in [0.25, 0.3) is 0 Å². The van der Waals surface area contributed by atoms with E-state index in [1.807, 2.05) is 18.2 Å². The molecule has 0 bridgehead atoms. The summed E-state index contributed by atoms with van der Waals surface area (Å²) in [4.78, 5) is 0. The number of hydrogen-bond acceptors (Lipinski definition) is 3. The van der Waals surface area contributed by atoms with Crippen LogP contribution >= 0.6 is 0 Å². The van der Waals surface area contributed by atoms with Crippen molar-refractivity contribution in [3.8, 4) is 16.9 Å². The van der Waals surface area contributed by atoms with Crippen molar-refractivity contribution >= 4 is 11.0 Å². The maximum Gasteiger partial charge on any atom is 0.127 e. The van der Waals surface area contributed by atoms with Gasteiger partial charge < -0.3 is 5.11 Å². The van der Waals surface area contributed by atoms with Crippen molar-refractivity contribution < 1.29 is 5.11 Å². The van der Waals surface area contributed by atoms with E-state index in [1.165, 1.54) is 5.56 Å². The predicted molar refractivity (Wildman–Crippen MR) is 135 cm³/mol. The van der Waals surface area contributed by atoms with Crippen molar-refractivity contribution in [1.29, 1.82) is 0 Å². The molecule has 0 fully saturated rings. The Bertz CT molecular complexity index is 1110. The van der Waals surface area contributed by atoms with Crippen molar-refractivity contribution in [3.05, 3.63) is 41.5 Å². The lowest BCUT2D eigenvalue weighted by Crippen LogP contribution is -2.28. The molecular weight excluding hydrogens is 394 g/mol. The van der Waals surface area contributed by atoms with Gasteiger partial charge in [0.1, 0.15) is 16.8 Å². The van der Waals surface area contributed by atoms with E-state index in [4.69, 9.17) is 0 Å². The molecule has 3 aromatic rings. The third-order valence-corrected chi connectivity index (χ3v) is 6.20. The van der Waals surface area contributed by atoms with Gasteiger partial charge in [-0.2, -0.15) is 15.4 Å². The minimum Gasteiger partial charge on any atom is -0.507 e. The van der Waals surface area contributed by atoms with Crippen LogP contribution in [0.1, 0.15) is 93.2 Å². The minimum absolute atomic E-state index is 0.0506. The predicted octanol–water partition coefficient (Wildman–Crippen LogP) is 7.76. The average Bonchev–Trinajstić information content (AvgIpc) is 3.06. The van der Waals surface area contributed by atoms with E-state index in [2.05, 4.69) is 96.8 Å². The summed E-state index contributed by atoms with van der Waals surface area (Å²) in [6.45, 7) is 22.8. The second-order valence-corrected chi connectivity index (χ2v) is 13.2. The van der Waals surface area contributed by atoms with Crippen LogP contribution in [0.2, 0.25) is 0 Å². The Morgan fingerprint density at radius 1 is 0.750 bits per heavy atom. The monoisotopic (exact) mass is 435 g/mol. The lowest BCUT2D eigenvalue weighted by Gasteiger charge is -2.37. The first-order valence-electron chi connectivity index (χ1n) is 11.7. The summed E-state index contributed by atoms with van der Waals surface area (Å²) in [5, 5.41) is 23.0. The molecule has 174 valence electrons. The van der Waals surface area contributed by atoms with Crippen molar-refractivity contribution in [2.24, 2.45) is 10.8 Å². The number of aromatic amines is 1. The first kappa shape index (κ1) is 24.3. The van der Waals surface area contributed by atoms with Gasteiger partial charge in [0.2, 0.25) is 0 Å². The third kappa shape index (κ3) is 5.16. The molecule has 1 heterocycles. The Balaban J connectivity index is 2.31. The van der Waals surface area contributed by atoms with Gasteiger partial charge in [0.05, 0.1) is 0 Å². The number of nitrogens with one attached hydrogen (secondary N) is 1. The van der Waals surface area contributed by atoms with E-state index in [1.54, 1.807) is 0 Å². The summed E-state index contributed by atoms with van der Waals surface area (Å²) >= 11 is 0. The van der Waals surface area contributed by atoms with Gasteiger partial charge in [0, 0.05) is 16.7 Å². The fourth-order valence-corrected chi connectivity index (χ4v) is 5.68. The Morgan fingerprint density at radius 2 is 1.34 bits per heavy atom. The molecule has 2 N–H and O–H groups in total. The van der Waals surface area contributed by atoms with E-state index in [9.17, 15) is 5.11 Å². The molecule has 0 saturated heterocycles. The van der Waals surface area contributed by atoms with Crippen LogP contribution in [-0.2, 0) is 10.8 Å². The van der Waals surface area contributed by atoms with Crippen LogP contribution < -0.4 is 0 Å². The highest BCUT2D eigenvalue weighted by Crippen LogP contribution is 2.48. The minimum atomic E-state index is -0.192. The van der Waals surface area contributed by atoms with Crippen LogP contribution in [0.4, 0.5) is 0 Å². The Hall–Kier alpha value is -2.36. The van der Waals surface area contributed by atoms with Gasteiger partial charge in [0.15, 0.2) is 0 Å². The zero-order valence-corrected chi connectivity index (χ0v) is 21.6. The van der Waals surface area contributed by atoms with Crippen molar-refractivity contribution in [1.82, 2.24) is 15.4 Å². The maximum atomic E-state index is 11.6. The van der Waals surface area contributed by atoms with E-state index in [0.29, 0.717) is 5.75 Å². The number of para-hydroxylation sites is 1. The molecule has 3 rings (SSSR count). The number of phenols is 1. The largest absolute Gasteiger partial charge is 0.507 e. The topological polar surface area (TPSA) is 61.8 Å². The number of phenolic OH excluding ortho intramolecular Hbond substituents is 1. The number of fused-ring (bicyclic) bond motifs is 1. The third-order valence-electron chi connectivity index (χ3n) is 6.20. The quantitative estimate of drug-likeness (QED) is 0.430. The highest BCUT2D eigenvalue weighted by atomic mass is 16.3. The molecule has 0 aliphatic rings. The van der Waals surface area contributed by atoms with E-state index >= 15 is 0 Å². The Kier molecular flexibility index (Phi) is 5.99. The molecule has 0 aliphatic heterocycles. The molecule has 0 spiro atoms. The highest BCUT2D eigenvalue weighted by molar-refractivity contribution is 5.93. The van der Waals surface area contributed by atoms with Gasteiger partial charge in [-0.25, -0.2) is 0 Å². The molecular formula is C28H41N3O. The molecule has 4 nitrogen and oxygen atoms in total. The van der Waals surface area contributed by atoms with Crippen LogP contribution in [0, 0.1) is 10.8 Å². The van der Waals surface area contributed by atoms with Gasteiger partial charge in [-0.1, -0.05) is 87.4 Å². The molecule has 1 aromatic heterocycles. The number of nitrogens with zero attached hydrogens (tertiary/aromatic N) is 2. The normalized spacial score (nSPS) is 13.7. The Labute approximate surface area is 193 Å². The molecule has 0 amide bonds. The van der Waals surface area contributed by atoms with E-state index < -0.39 is 0 Å². The standard InChI is InChI=1S/C28H41N3O/c1-25(2,3)16-27(7,8)18-14-20(19-12-11-13-22-23(19)30-31-29-22)24(32)21(15-18)28(9,10)17-26(4,5)6/h11-15,32H,16-17H2,1-10H3,(H,29,30,31). The average molecular weight is 436 g/mol. The molecule has 0 radical (unpaired) electrons. The molecule has 0 aliphatic carbocycles. The smallest absolute Gasteiger partial charge is 0.127 e. The van der Waals surface area contributed by atoms with Gasteiger partial charge in [-0.05, 0) is 52.2 Å². The lowest BCUT2D eigenvalue weighted by atomic mass is 9.68. The number of benzene rings is 2. The molecule has 2 aromatic carbocycles. The van der Waals surface area contributed by atoms with Crippen molar-refractivity contribution in [2.45, 2.75) is 92.9 Å². The zero-order chi connectivity index (χ0) is 24.1. The van der Waals surface area contributed by atoms with E-state index in [-0.39, 0.29) is 21.7 Å². The SMILES string of the molecule is CC(C)(C)CC(C)(C)c1cc(-c2cccc3n[nH]nc23)c(O)c(C(C)(C)CC(C)(C)C)c1. The number of aromatic nitrogens is 3. The summed E-state index contributed by atoms with van der Waals surface area (Å²) in [5.74, 6) is 0.352. The van der Waals surface area contributed by atoms with Crippen LogP contribution in [0.25, 0.3) is 22.2 Å². The summed E-state index contributed by atoms with van der Waals surface area (Å²) in [6, 6.07) is 10.4. The van der Waals surface area contributed by atoms with Crippen LogP contribution in [0.5, 0.6) is 5.75 Å². The fourth-order valence-electron chi connectivity index (χ4n) is 5.68. The van der Waals surface area contributed by atoms with Crippen molar-refractivity contribution in [3.63, 3.8) is 0 Å². The number of H-pyrrole nitrogens is 1. The summed E-state index contributed by atoms with van der Waals surface area (Å²) in [5.41, 5.74) is 5.67. The molecule has 32 heavy (non-hydrogen) atoms. The van der Waals surface area contributed by atoms with Crippen LogP contribution in [-0.4, -0.2) is 20.5 Å². The van der Waals surface area contributed by atoms with Gasteiger partial charge >= 0.3 is 0 Å². The zero-order valence-electron chi connectivity index (χ0n) is 21.6. The summed E-state index contributed by atoms with van der Waals surface area (Å²) in [6.07, 6.45) is 2.00. The van der Waals surface area contributed by atoms with Crippen LogP contribution in [0.3, 0.4) is 0 Å². The first-order valence-corrected chi connectivity index (χ1v) is 11.7. The molecule has 0 saturated carbocycles. The summed E-state index contributed by atoms with van der Waals surface area (Å²) < 4.78 is 0. The number of rotatable bonds is 5. The summed E-state index contributed by atoms with van der Waals surface area (Å²) in [7, 11) is 0. The second-order valence-electron chi connectivity index (χ2n) is 13.2. The van der Waals surface area contributed by atoms with Crippen molar-refractivity contribution in [2.75, 3.05) is 0 Å². The number of aromatic hydroxyl groups is 1. The highest BCUT2D eigenvalue weighted by Gasteiger charge is 2.34. The second kappa shape index (κ2) is 7.90. The Morgan fingerprint density at radius 3 is 1.94 bits per heavy atom. The van der Waals surface area contributed by atoms with Crippen LogP contribution in [0.15, 0.2) is 30.3 Å². The fraction of sp³-hybridized carbons (Fsp3) is 0.571. The number of hydrogen-bond donors (Lipinski definition) is 2. The lowest BCUT2D eigenvalue weighted by molar-refractivity contribution is 0.275. The first-order chi connectivity index (χ1) is 14.5.